The van der Waals surface area contributed by atoms with Crippen molar-refractivity contribution >= 4 is 27.5 Å². The maximum absolute atomic E-state index is 14.3. The van der Waals surface area contributed by atoms with Gasteiger partial charge < -0.3 is 29.7 Å². The maximum atomic E-state index is 14.3. The molecular formula is C34H51FN4O7S. The Labute approximate surface area is 279 Å². The molecule has 1 aliphatic rings. The number of likely N-dealkylation sites (N-methyl/N-ethyl adjacent to an activating group) is 1. The molecule has 2 aromatic carbocycles. The minimum absolute atomic E-state index is 0.00346. The van der Waals surface area contributed by atoms with E-state index >= 15 is 0 Å². The van der Waals surface area contributed by atoms with Crippen LogP contribution in [0.3, 0.4) is 0 Å². The van der Waals surface area contributed by atoms with Gasteiger partial charge in [-0.15, -0.1) is 0 Å². The van der Waals surface area contributed by atoms with E-state index in [9.17, 15) is 27.5 Å². The molecule has 262 valence electrons. The summed E-state index contributed by atoms with van der Waals surface area (Å²) in [6, 6.07) is 9.09. The molecule has 0 bridgehead atoms. The minimum Gasteiger partial charge on any atom is -0.490 e. The minimum atomic E-state index is -3.94. The van der Waals surface area contributed by atoms with Gasteiger partial charge >= 0.3 is 0 Å². The first-order chi connectivity index (χ1) is 22.2. The summed E-state index contributed by atoms with van der Waals surface area (Å²) in [7, 11) is 1.40. The molecule has 0 saturated carbocycles. The van der Waals surface area contributed by atoms with E-state index < -0.39 is 33.9 Å². The van der Waals surface area contributed by atoms with Gasteiger partial charge in [-0.25, -0.2) is 12.8 Å². The molecule has 1 aliphatic heterocycles. The van der Waals surface area contributed by atoms with Crippen LogP contribution >= 0.6 is 0 Å². The number of nitrogens with one attached hydrogen (secondary N) is 1. The number of benzene rings is 2. The van der Waals surface area contributed by atoms with Crippen LogP contribution in [0, 0.1) is 11.7 Å². The third kappa shape index (κ3) is 11.2. The Hall–Kier alpha value is -3.10. The molecule has 0 radical (unpaired) electrons. The molecule has 0 aliphatic carbocycles. The summed E-state index contributed by atoms with van der Waals surface area (Å²) in [6.45, 7) is 6.52. The number of hydrogen-bond donors (Lipinski definition) is 2. The fraction of sp³-hybridized carbons (Fsp3) is 0.588. The van der Waals surface area contributed by atoms with Gasteiger partial charge in [0.05, 0.1) is 35.3 Å². The maximum Gasteiger partial charge on any atom is 0.258 e. The molecule has 2 amide bonds. The third-order valence-corrected chi connectivity index (χ3v) is 10.1. The Morgan fingerprint density at radius 1 is 1.13 bits per heavy atom. The van der Waals surface area contributed by atoms with Crippen molar-refractivity contribution in [3.05, 3.63) is 53.8 Å². The molecule has 0 saturated heterocycles. The predicted molar refractivity (Wildman–Crippen MR) is 180 cm³/mol. The van der Waals surface area contributed by atoms with Crippen molar-refractivity contribution in [2.45, 2.75) is 76.0 Å². The van der Waals surface area contributed by atoms with Crippen LogP contribution in [0.4, 0.5) is 10.1 Å². The monoisotopic (exact) mass is 678 g/mol. The first-order valence-electron chi connectivity index (χ1n) is 16.2. The first-order valence-corrected chi connectivity index (χ1v) is 17.7. The number of anilines is 1. The second-order valence-electron chi connectivity index (χ2n) is 12.7. The van der Waals surface area contributed by atoms with Gasteiger partial charge in [-0.2, -0.15) is 4.31 Å². The van der Waals surface area contributed by atoms with Crippen molar-refractivity contribution in [1.82, 2.24) is 14.1 Å². The lowest BCUT2D eigenvalue weighted by molar-refractivity contribution is -0.116. The molecule has 0 spiro atoms. The van der Waals surface area contributed by atoms with Crippen molar-refractivity contribution in [1.29, 1.82) is 0 Å². The smallest absolute Gasteiger partial charge is 0.258 e. The number of ether oxygens (including phenoxy) is 2. The van der Waals surface area contributed by atoms with Crippen molar-refractivity contribution in [3.63, 3.8) is 0 Å². The number of aliphatic hydroxyl groups is 1. The second kappa shape index (κ2) is 17.9. The zero-order chi connectivity index (χ0) is 34.7. The summed E-state index contributed by atoms with van der Waals surface area (Å²) >= 11 is 0. The van der Waals surface area contributed by atoms with E-state index in [4.69, 9.17) is 9.47 Å². The third-order valence-electron chi connectivity index (χ3n) is 8.30. The number of sulfonamides is 1. The van der Waals surface area contributed by atoms with Gasteiger partial charge in [-0.3, -0.25) is 9.59 Å². The largest absolute Gasteiger partial charge is 0.490 e. The van der Waals surface area contributed by atoms with Gasteiger partial charge in [0.2, 0.25) is 15.9 Å². The molecule has 0 fully saturated rings. The standard InChI is InChI=1S/C34H51FN4O7S/c1-24-21-39(25(2)23-40)34(42)30-20-28(36-33(41)11-9-18-37(4)5)14-17-31(30)46-26(3)10-7-8-19-45-32(24)22-38(6)47(43,44)29-15-12-27(35)13-16-29/h12-17,20,24-26,32,40H,7-11,18-19,21-23H2,1-6H3,(H,36,41)/t24-,25+,26+,32-/m1/s1. The molecule has 3 rings (SSSR count). The summed E-state index contributed by atoms with van der Waals surface area (Å²) in [5.74, 6) is -1.07. The van der Waals surface area contributed by atoms with Crippen LogP contribution in [0.5, 0.6) is 5.75 Å². The zero-order valence-corrected chi connectivity index (χ0v) is 29.3. The van der Waals surface area contributed by atoms with Crippen molar-refractivity contribution in [3.8, 4) is 5.75 Å². The summed E-state index contributed by atoms with van der Waals surface area (Å²) in [5.41, 5.74) is 0.712. The Kier molecular flexibility index (Phi) is 14.6. The van der Waals surface area contributed by atoms with Crippen molar-refractivity contribution < 1.29 is 37.0 Å². The van der Waals surface area contributed by atoms with E-state index in [-0.39, 0.29) is 48.1 Å². The van der Waals surface area contributed by atoms with Crippen molar-refractivity contribution in [2.75, 3.05) is 59.3 Å². The van der Waals surface area contributed by atoms with Gasteiger partial charge in [0.25, 0.3) is 5.91 Å². The number of fused-ring (bicyclic) bond motifs is 1. The van der Waals surface area contributed by atoms with Gasteiger partial charge in [0.15, 0.2) is 0 Å². The highest BCUT2D eigenvalue weighted by Gasteiger charge is 2.32. The van der Waals surface area contributed by atoms with Gasteiger partial charge in [-0.1, -0.05) is 6.92 Å². The normalized spacial score (nSPS) is 20.8. The average molecular weight is 679 g/mol. The molecule has 2 aromatic rings. The zero-order valence-electron chi connectivity index (χ0n) is 28.4. The topological polar surface area (TPSA) is 129 Å². The number of aliphatic hydroxyl groups excluding tert-OH is 1. The highest BCUT2D eigenvalue weighted by Crippen LogP contribution is 2.29. The molecule has 0 unspecified atom stereocenters. The Morgan fingerprint density at radius 2 is 1.83 bits per heavy atom. The molecule has 2 N–H and O–H groups in total. The molecular weight excluding hydrogens is 627 g/mol. The van der Waals surface area contributed by atoms with Gasteiger partial charge in [-0.05, 0) is 103 Å². The van der Waals surface area contributed by atoms with E-state index in [1.54, 1.807) is 25.1 Å². The van der Waals surface area contributed by atoms with Gasteiger partial charge in [0.1, 0.15) is 11.6 Å². The van der Waals surface area contributed by atoms with Crippen LogP contribution in [0.1, 0.15) is 63.2 Å². The summed E-state index contributed by atoms with van der Waals surface area (Å²) in [5, 5.41) is 13.1. The Balaban J connectivity index is 1.92. The number of amides is 2. The van der Waals surface area contributed by atoms with E-state index in [0.29, 0.717) is 43.7 Å². The van der Waals surface area contributed by atoms with Crippen LogP contribution in [0.15, 0.2) is 47.4 Å². The average Bonchev–Trinajstić information content (AvgIpc) is 3.02. The summed E-state index contributed by atoms with van der Waals surface area (Å²) < 4.78 is 53.9. The quantitative estimate of drug-likeness (QED) is 0.362. The van der Waals surface area contributed by atoms with Crippen LogP contribution < -0.4 is 10.1 Å². The number of nitrogens with zero attached hydrogens (tertiary/aromatic N) is 3. The number of carbonyl (C=O) groups excluding carboxylic acids is 2. The Bertz CT molecular complexity index is 1420. The SMILES string of the molecule is C[C@@H]1CN([C@@H](C)CO)C(=O)c2cc(NC(=O)CCCN(C)C)ccc2O[C@@H](C)CCCCO[C@@H]1CN(C)S(=O)(=O)c1ccc(F)cc1. The molecule has 0 aromatic heterocycles. The number of halogens is 1. The molecule has 4 atom stereocenters. The lowest BCUT2D eigenvalue weighted by atomic mass is 10.0. The fourth-order valence-electron chi connectivity index (χ4n) is 5.38. The van der Waals surface area contributed by atoms with Crippen LogP contribution in [0.2, 0.25) is 0 Å². The summed E-state index contributed by atoms with van der Waals surface area (Å²) in [4.78, 5) is 30.5. The fourth-order valence-corrected chi connectivity index (χ4v) is 6.56. The molecule has 47 heavy (non-hydrogen) atoms. The predicted octanol–water partition coefficient (Wildman–Crippen LogP) is 4.22. The number of hydrogen-bond acceptors (Lipinski definition) is 8. The van der Waals surface area contributed by atoms with Crippen LogP contribution in [-0.2, 0) is 19.6 Å². The lowest BCUT2D eigenvalue weighted by Gasteiger charge is -2.35. The van der Waals surface area contributed by atoms with E-state index in [0.717, 1.165) is 25.1 Å². The summed E-state index contributed by atoms with van der Waals surface area (Å²) in [6.07, 6.45) is 2.39. The lowest BCUT2D eigenvalue weighted by Crippen LogP contribution is -2.48. The van der Waals surface area contributed by atoms with Gasteiger partial charge in [0, 0.05) is 44.8 Å². The van der Waals surface area contributed by atoms with E-state index in [2.05, 4.69) is 5.32 Å². The van der Waals surface area contributed by atoms with Crippen LogP contribution in [0.25, 0.3) is 0 Å². The number of rotatable bonds is 11. The second-order valence-corrected chi connectivity index (χ2v) is 14.8. The van der Waals surface area contributed by atoms with Crippen LogP contribution in [-0.4, -0.2) is 112 Å². The molecule has 11 nitrogen and oxygen atoms in total. The first kappa shape index (κ1) is 38.3. The van der Waals surface area contributed by atoms with E-state index in [1.807, 2.05) is 32.8 Å². The highest BCUT2D eigenvalue weighted by molar-refractivity contribution is 7.89. The van der Waals surface area contributed by atoms with E-state index in [1.165, 1.54) is 28.4 Å². The number of carbonyl (C=O) groups is 2. The highest BCUT2D eigenvalue weighted by atomic mass is 32.2. The van der Waals surface area contributed by atoms with Crippen molar-refractivity contribution in [2.24, 2.45) is 5.92 Å². The Morgan fingerprint density at radius 3 is 2.49 bits per heavy atom. The molecule has 1 heterocycles. The molecule has 13 heteroatoms.